The van der Waals surface area contributed by atoms with Crippen molar-refractivity contribution in [3.63, 3.8) is 0 Å². The van der Waals surface area contributed by atoms with Crippen molar-refractivity contribution in [2.75, 3.05) is 0 Å². The number of nitrogens with zero attached hydrogens (tertiary/aromatic N) is 2. The molecule has 12 heavy (non-hydrogen) atoms. The zero-order valence-corrected chi connectivity index (χ0v) is 8.14. The predicted octanol–water partition coefficient (Wildman–Crippen LogP) is 2.41. The molecular formula is C6H4F3IN2. The smallest absolute Gasteiger partial charge is 0.230 e. The molecular weight excluding hydrogens is 284 g/mol. The molecule has 0 aromatic carbocycles. The monoisotopic (exact) mass is 288 g/mol. The third-order valence-electron chi connectivity index (χ3n) is 1.08. The summed E-state index contributed by atoms with van der Waals surface area (Å²) in [5.74, 6) is -1.08. The van der Waals surface area contributed by atoms with Gasteiger partial charge < -0.3 is 0 Å². The first-order chi connectivity index (χ1) is 5.39. The van der Waals surface area contributed by atoms with E-state index in [-0.39, 0.29) is 0 Å². The first-order valence-electron chi connectivity index (χ1n) is 2.98. The van der Waals surface area contributed by atoms with Crippen molar-refractivity contribution in [1.29, 1.82) is 0 Å². The largest absolute Gasteiger partial charge is 0.451 e. The van der Waals surface area contributed by atoms with Crippen molar-refractivity contribution in [2.24, 2.45) is 0 Å². The van der Waals surface area contributed by atoms with E-state index in [9.17, 15) is 13.2 Å². The number of aromatic nitrogens is 2. The van der Waals surface area contributed by atoms with Crippen LogP contribution in [-0.2, 0) is 6.18 Å². The number of hydrogen-bond donors (Lipinski definition) is 0. The fourth-order valence-corrected chi connectivity index (χ4v) is 1.34. The average molecular weight is 288 g/mol. The Labute approximate surface area is 80.4 Å². The van der Waals surface area contributed by atoms with Gasteiger partial charge in [0.05, 0.1) is 0 Å². The molecule has 1 aromatic rings. The van der Waals surface area contributed by atoms with Crippen LogP contribution in [0.15, 0.2) is 6.07 Å². The maximum atomic E-state index is 12.0. The third kappa shape index (κ3) is 2.29. The molecule has 0 amide bonds. The summed E-state index contributed by atoms with van der Waals surface area (Å²) >= 11 is 1.72. The molecule has 0 bridgehead atoms. The lowest BCUT2D eigenvalue weighted by Gasteiger charge is -2.04. The Morgan fingerprint density at radius 2 is 1.92 bits per heavy atom. The van der Waals surface area contributed by atoms with E-state index < -0.39 is 12.0 Å². The topological polar surface area (TPSA) is 25.8 Å². The normalized spacial score (nSPS) is 11.8. The SMILES string of the molecule is Cc1cc(I)nc(C(F)(F)F)n1. The average Bonchev–Trinajstić information content (AvgIpc) is 1.82. The Hall–Kier alpha value is -0.400. The van der Waals surface area contributed by atoms with E-state index in [4.69, 9.17) is 0 Å². The molecule has 2 nitrogen and oxygen atoms in total. The summed E-state index contributed by atoms with van der Waals surface area (Å²) in [6, 6.07) is 1.48. The quantitative estimate of drug-likeness (QED) is 0.541. The highest BCUT2D eigenvalue weighted by Gasteiger charge is 2.34. The highest BCUT2D eigenvalue weighted by atomic mass is 127. The predicted molar refractivity (Wildman–Crippen MR) is 44.5 cm³/mol. The molecule has 0 N–H and O–H groups in total. The number of hydrogen-bond acceptors (Lipinski definition) is 2. The van der Waals surface area contributed by atoms with Crippen LogP contribution in [0.2, 0.25) is 0 Å². The van der Waals surface area contributed by atoms with Crippen molar-refractivity contribution >= 4 is 22.6 Å². The van der Waals surface area contributed by atoms with Crippen molar-refractivity contribution in [3.05, 3.63) is 21.3 Å². The lowest BCUT2D eigenvalue weighted by molar-refractivity contribution is -0.145. The number of alkyl halides is 3. The van der Waals surface area contributed by atoms with Crippen LogP contribution < -0.4 is 0 Å². The first-order valence-corrected chi connectivity index (χ1v) is 4.06. The van der Waals surface area contributed by atoms with Crippen LogP contribution in [0.1, 0.15) is 11.5 Å². The zero-order valence-electron chi connectivity index (χ0n) is 5.98. The number of rotatable bonds is 0. The molecule has 1 aromatic heterocycles. The van der Waals surface area contributed by atoms with Crippen LogP contribution in [0, 0.1) is 10.6 Å². The van der Waals surface area contributed by atoms with E-state index in [1.54, 1.807) is 22.6 Å². The van der Waals surface area contributed by atoms with Crippen LogP contribution in [0.5, 0.6) is 0 Å². The van der Waals surface area contributed by atoms with Gasteiger partial charge >= 0.3 is 6.18 Å². The maximum Gasteiger partial charge on any atom is 0.451 e. The summed E-state index contributed by atoms with van der Waals surface area (Å²) in [4.78, 5) is 6.52. The summed E-state index contributed by atoms with van der Waals surface area (Å²) in [5, 5.41) is 0. The molecule has 6 heteroatoms. The van der Waals surface area contributed by atoms with Crippen LogP contribution in [0.3, 0.4) is 0 Å². The van der Waals surface area contributed by atoms with Gasteiger partial charge in [0.15, 0.2) is 0 Å². The summed E-state index contributed by atoms with van der Waals surface area (Å²) in [7, 11) is 0. The van der Waals surface area contributed by atoms with Gasteiger partial charge in [-0.05, 0) is 35.6 Å². The number of halogens is 4. The molecule has 0 atom stereocenters. The van der Waals surface area contributed by atoms with Gasteiger partial charge in [-0.3, -0.25) is 0 Å². The highest BCUT2D eigenvalue weighted by Crippen LogP contribution is 2.26. The molecule has 1 heterocycles. The maximum absolute atomic E-state index is 12.0. The second kappa shape index (κ2) is 3.15. The van der Waals surface area contributed by atoms with E-state index in [1.165, 1.54) is 13.0 Å². The summed E-state index contributed by atoms with van der Waals surface area (Å²) in [6.45, 7) is 1.50. The molecule has 0 aliphatic heterocycles. The lowest BCUT2D eigenvalue weighted by atomic mass is 10.4. The van der Waals surface area contributed by atoms with E-state index in [1.807, 2.05) is 0 Å². The fraction of sp³-hybridized carbons (Fsp3) is 0.333. The minimum atomic E-state index is -4.45. The van der Waals surface area contributed by atoms with Gasteiger partial charge in [0.25, 0.3) is 0 Å². The van der Waals surface area contributed by atoms with Gasteiger partial charge in [-0.15, -0.1) is 0 Å². The Morgan fingerprint density at radius 3 is 2.33 bits per heavy atom. The van der Waals surface area contributed by atoms with Crippen molar-refractivity contribution in [1.82, 2.24) is 9.97 Å². The zero-order chi connectivity index (χ0) is 9.35. The highest BCUT2D eigenvalue weighted by molar-refractivity contribution is 14.1. The molecule has 0 unspecified atom stereocenters. The summed E-state index contributed by atoms with van der Waals surface area (Å²) < 4.78 is 36.4. The standard InChI is InChI=1S/C6H4F3IN2/c1-3-2-4(10)12-5(11-3)6(7,8)9/h2H,1H3. The van der Waals surface area contributed by atoms with E-state index in [0.717, 1.165) is 0 Å². The van der Waals surface area contributed by atoms with Gasteiger partial charge in [0.2, 0.25) is 5.82 Å². The van der Waals surface area contributed by atoms with Gasteiger partial charge in [-0.25, -0.2) is 9.97 Å². The van der Waals surface area contributed by atoms with Crippen molar-refractivity contribution < 1.29 is 13.2 Å². The minimum Gasteiger partial charge on any atom is -0.230 e. The number of aryl methyl sites for hydroxylation is 1. The lowest BCUT2D eigenvalue weighted by Crippen LogP contribution is -2.12. The Bertz CT molecular complexity index is 277. The van der Waals surface area contributed by atoms with Gasteiger partial charge in [-0.2, -0.15) is 13.2 Å². The molecule has 66 valence electrons. The second-order valence-corrected chi connectivity index (χ2v) is 3.26. The van der Waals surface area contributed by atoms with Gasteiger partial charge in [0.1, 0.15) is 3.70 Å². The van der Waals surface area contributed by atoms with Crippen LogP contribution >= 0.6 is 22.6 Å². The van der Waals surface area contributed by atoms with Crippen molar-refractivity contribution in [3.8, 4) is 0 Å². The Morgan fingerprint density at radius 1 is 1.33 bits per heavy atom. The summed E-state index contributed by atoms with van der Waals surface area (Å²) in [6.07, 6.45) is -4.45. The van der Waals surface area contributed by atoms with Crippen LogP contribution in [0.25, 0.3) is 0 Å². The minimum absolute atomic E-state index is 0.299. The second-order valence-electron chi connectivity index (χ2n) is 2.15. The van der Waals surface area contributed by atoms with E-state index in [0.29, 0.717) is 9.39 Å². The van der Waals surface area contributed by atoms with E-state index in [2.05, 4.69) is 9.97 Å². The van der Waals surface area contributed by atoms with E-state index >= 15 is 0 Å². The molecule has 0 saturated carbocycles. The molecule has 0 fully saturated rings. The van der Waals surface area contributed by atoms with Crippen LogP contribution in [-0.4, -0.2) is 9.97 Å². The fourth-order valence-electron chi connectivity index (χ4n) is 0.657. The molecule has 1 rings (SSSR count). The molecule has 0 saturated heterocycles. The Kier molecular flexibility index (Phi) is 2.55. The van der Waals surface area contributed by atoms with Gasteiger partial charge in [0, 0.05) is 5.69 Å². The molecule has 0 aliphatic carbocycles. The summed E-state index contributed by atoms with van der Waals surface area (Å²) in [5.41, 5.74) is 0.321. The van der Waals surface area contributed by atoms with Gasteiger partial charge in [-0.1, -0.05) is 0 Å². The first kappa shape index (κ1) is 9.69. The molecule has 0 spiro atoms. The Balaban J connectivity index is 3.18. The van der Waals surface area contributed by atoms with Crippen LogP contribution in [0.4, 0.5) is 13.2 Å². The molecule has 0 aliphatic rings. The van der Waals surface area contributed by atoms with Crippen molar-refractivity contribution in [2.45, 2.75) is 13.1 Å². The third-order valence-corrected chi connectivity index (χ3v) is 1.63. The molecule has 0 radical (unpaired) electrons.